The van der Waals surface area contributed by atoms with Gasteiger partial charge in [0.15, 0.2) is 0 Å². The second kappa shape index (κ2) is 18.7. The van der Waals surface area contributed by atoms with Gasteiger partial charge in [0.25, 0.3) is 11.6 Å². The van der Waals surface area contributed by atoms with Crippen molar-refractivity contribution in [2.45, 2.75) is 13.5 Å². The zero-order valence-corrected chi connectivity index (χ0v) is 31.3. The summed E-state index contributed by atoms with van der Waals surface area (Å²) < 4.78 is 0. The van der Waals surface area contributed by atoms with Crippen molar-refractivity contribution < 1.29 is 24.4 Å². The first-order valence-electron chi connectivity index (χ1n) is 18.4. The Bertz CT molecular complexity index is 2330. The minimum absolute atomic E-state index is 0.0579. The molecule has 288 valence electrons. The third-order valence-electron chi connectivity index (χ3n) is 9.31. The number of carbonyl (C=O) groups is 3. The summed E-state index contributed by atoms with van der Waals surface area (Å²) in [6.45, 7) is 4.77. The zero-order valence-electron chi connectivity index (χ0n) is 31.3. The molecule has 0 aromatic heterocycles. The van der Waals surface area contributed by atoms with E-state index in [2.05, 4.69) is 20.9 Å². The highest BCUT2D eigenvalue weighted by Gasteiger charge is 2.23. The van der Waals surface area contributed by atoms with Crippen molar-refractivity contribution in [2.24, 2.45) is 0 Å². The number of nitro groups is 1. The van der Waals surface area contributed by atoms with Crippen LogP contribution in [0.4, 0.5) is 34.1 Å². The second-order valence-corrected chi connectivity index (χ2v) is 13.2. The predicted octanol–water partition coefficient (Wildman–Crippen LogP) is 8.92. The van der Waals surface area contributed by atoms with Crippen molar-refractivity contribution in [1.82, 2.24) is 4.90 Å². The summed E-state index contributed by atoms with van der Waals surface area (Å²) >= 11 is 0. The van der Waals surface area contributed by atoms with Crippen LogP contribution in [0.3, 0.4) is 0 Å². The number of nitro benzene ring substituents is 1. The van der Waals surface area contributed by atoms with E-state index in [0.29, 0.717) is 36.4 Å². The van der Waals surface area contributed by atoms with Crippen molar-refractivity contribution in [3.05, 3.63) is 178 Å². The highest BCUT2D eigenvalue weighted by atomic mass is 16.6. The molecule has 7 rings (SSSR count). The number of piperazine rings is 1. The molecular formula is C45H42N6O6. The number of rotatable bonds is 11. The van der Waals surface area contributed by atoms with Gasteiger partial charge in [-0.3, -0.25) is 19.7 Å². The molecule has 1 heterocycles. The van der Waals surface area contributed by atoms with Gasteiger partial charge in [-0.1, -0.05) is 84.9 Å². The van der Waals surface area contributed by atoms with Crippen LogP contribution in [0.1, 0.15) is 33.2 Å². The normalized spacial score (nSPS) is 12.1. The molecule has 12 heteroatoms. The van der Waals surface area contributed by atoms with Gasteiger partial charge in [0.05, 0.1) is 21.9 Å². The first kappa shape index (κ1) is 39.2. The Morgan fingerprint density at radius 3 is 1.98 bits per heavy atom. The molecular weight excluding hydrogens is 721 g/mol. The number of para-hydroxylation sites is 1. The maximum Gasteiger partial charge on any atom is 0.336 e. The molecule has 0 atom stereocenters. The third kappa shape index (κ3) is 10.4. The van der Waals surface area contributed by atoms with Crippen LogP contribution in [0, 0.1) is 10.1 Å². The molecule has 6 aromatic rings. The Hall–Kier alpha value is -7.47. The van der Waals surface area contributed by atoms with Gasteiger partial charge in [0.1, 0.15) is 5.69 Å². The zero-order chi connectivity index (χ0) is 40.1. The minimum atomic E-state index is -1.04. The van der Waals surface area contributed by atoms with Crippen LogP contribution >= 0.6 is 0 Å². The summed E-state index contributed by atoms with van der Waals surface area (Å²) in [4.78, 5) is 50.8. The highest BCUT2D eigenvalue weighted by Crippen LogP contribution is 2.33. The Morgan fingerprint density at radius 2 is 1.33 bits per heavy atom. The number of carbonyl (C=O) groups excluding carboxylic acids is 2. The van der Waals surface area contributed by atoms with Gasteiger partial charge in [0.2, 0.25) is 5.91 Å². The number of nitrogens with zero attached hydrogens (tertiary/aromatic N) is 3. The summed E-state index contributed by atoms with van der Waals surface area (Å²) in [5, 5.41) is 30.1. The second-order valence-electron chi connectivity index (χ2n) is 13.2. The number of aromatic carboxylic acids is 1. The van der Waals surface area contributed by atoms with Gasteiger partial charge in [-0.05, 0) is 77.4 Å². The number of anilines is 5. The Morgan fingerprint density at radius 1 is 0.702 bits per heavy atom. The van der Waals surface area contributed by atoms with E-state index in [-0.39, 0.29) is 23.1 Å². The van der Waals surface area contributed by atoms with Gasteiger partial charge in [-0.25, -0.2) is 4.79 Å². The van der Waals surface area contributed by atoms with Gasteiger partial charge in [-0.15, -0.1) is 0 Å². The highest BCUT2D eigenvalue weighted by molar-refractivity contribution is 5.97. The van der Waals surface area contributed by atoms with Crippen molar-refractivity contribution in [1.29, 1.82) is 0 Å². The maximum atomic E-state index is 12.7. The maximum absolute atomic E-state index is 12.7. The molecule has 1 saturated heterocycles. The SMILES string of the molecule is CC(=O)Nc1ccc(N2CCN(C(=O)c3ccccc3)CC2)cc1Nc1ccccc1.O=C(O)c1ccccc1-c1ccc([N+](=O)[O-])c(NCc2ccccc2)c1. The molecule has 2 amide bonds. The summed E-state index contributed by atoms with van der Waals surface area (Å²) in [5.74, 6) is -1.08. The van der Waals surface area contributed by atoms with Crippen molar-refractivity contribution in [3.63, 3.8) is 0 Å². The monoisotopic (exact) mass is 762 g/mol. The number of hydrogen-bond donors (Lipinski definition) is 4. The number of benzene rings is 6. The van der Waals surface area contributed by atoms with Crippen LogP contribution in [0.15, 0.2) is 152 Å². The molecule has 0 aliphatic carbocycles. The number of hydrogen-bond acceptors (Lipinski definition) is 8. The first-order chi connectivity index (χ1) is 27.7. The summed E-state index contributed by atoms with van der Waals surface area (Å²) in [6, 6.07) is 45.9. The molecule has 12 nitrogen and oxygen atoms in total. The van der Waals surface area contributed by atoms with E-state index in [4.69, 9.17) is 0 Å². The fourth-order valence-electron chi connectivity index (χ4n) is 6.46. The Balaban J connectivity index is 0.000000196. The molecule has 6 aromatic carbocycles. The van der Waals surface area contributed by atoms with Crippen LogP contribution in [-0.4, -0.2) is 58.9 Å². The number of carboxylic acid groups (broad SMARTS) is 1. The van der Waals surface area contributed by atoms with E-state index in [0.717, 1.165) is 47.0 Å². The van der Waals surface area contributed by atoms with E-state index < -0.39 is 10.9 Å². The predicted molar refractivity (Wildman–Crippen MR) is 224 cm³/mol. The fraction of sp³-hybridized carbons (Fsp3) is 0.133. The molecule has 0 saturated carbocycles. The van der Waals surface area contributed by atoms with Crippen molar-refractivity contribution in [3.8, 4) is 11.1 Å². The van der Waals surface area contributed by atoms with Gasteiger partial charge in [-0.2, -0.15) is 0 Å². The molecule has 1 fully saturated rings. The van der Waals surface area contributed by atoms with Gasteiger partial charge >= 0.3 is 5.97 Å². The van der Waals surface area contributed by atoms with Crippen molar-refractivity contribution in [2.75, 3.05) is 47.0 Å². The van der Waals surface area contributed by atoms with Crippen LogP contribution in [0.2, 0.25) is 0 Å². The lowest BCUT2D eigenvalue weighted by atomic mass is 9.99. The van der Waals surface area contributed by atoms with E-state index in [1.165, 1.54) is 19.1 Å². The lowest BCUT2D eigenvalue weighted by Gasteiger charge is -2.36. The summed E-state index contributed by atoms with van der Waals surface area (Å²) in [7, 11) is 0. The van der Waals surface area contributed by atoms with Crippen LogP contribution in [0.25, 0.3) is 11.1 Å². The lowest BCUT2D eigenvalue weighted by Crippen LogP contribution is -2.48. The molecule has 0 radical (unpaired) electrons. The Labute approximate surface area is 330 Å². The van der Waals surface area contributed by atoms with Gasteiger partial charge in [0, 0.05) is 62.7 Å². The average molecular weight is 763 g/mol. The smallest absolute Gasteiger partial charge is 0.336 e. The quantitative estimate of drug-likeness (QED) is 0.0747. The fourth-order valence-corrected chi connectivity index (χ4v) is 6.46. The molecule has 0 spiro atoms. The largest absolute Gasteiger partial charge is 0.478 e. The van der Waals surface area contributed by atoms with Crippen LogP contribution < -0.4 is 20.9 Å². The molecule has 0 bridgehead atoms. The van der Waals surface area contributed by atoms with Crippen LogP contribution in [0.5, 0.6) is 0 Å². The topological polar surface area (TPSA) is 157 Å². The van der Waals surface area contributed by atoms with Crippen LogP contribution in [-0.2, 0) is 11.3 Å². The third-order valence-corrected chi connectivity index (χ3v) is 9.31. The first-order valence-corrected chi connectivity index (χ1v) is 18.4. The molecule has 1 aliphatic heterocycles. The number of nitrogens with one attached hydrogen (secondary N) is 3. The van der Waals surface area contributed by atoms with Gasteiger partial charge < -0.3 is 30.9 Å². The summed E-state index contributed by atoms with van der Waals surface area (Å²) in [5.41, 5.74) is 6.83. The average Bonchev–Trinajstić information content (AvgIpc) is 3.24. The van der Waals surface area contributed by atoms with Crippen molar-refractivity contribution >= 4 is 51.9 Å². The van der Waals surface area contributed by atoms with E-state index in [9.17, 15) is 29.6 Å². The standard InChI is InChI=1S/C25H26N4O2.C20H16N2O4/c1-19(30)26-23-13-12-22(18-24(23)27-21-10-6-3-7-11-21)28-14-16-29(17-15-28)25(31)20-8-4-2-5-9-20;23-20(24)17-9-5-4-8-16(17)15-10-11-19(22(25)26)18(12-15)21-13-14-6-2-1-3-7-14/h2-13,18,27H,14-17H2,1H3,(H,26,30);1-12,21H,13H2,(H,23,24). The Kier molecular flexibility index (Phi) is 12.9. The molecule has 57 heavy (non-hydrogen) atoms. The molecule has 0 unspecified atom stereocenters. The number of amides is 2. The van der Waals surface area contributed by atoms with E-state index in [1.54, 1.807) is 30.3 Å². The van der Waals surface area contributed by atoms with E-state index in [1.807, 2.05) is 114 Å². The minimum Gasteiger partial charge on any atom is -0.478 e. The number of carboxylic acids is 1. The lowest BCUT2D eigenvalue weighted by molar-refractivity contribution is -0.384. The molecule has 4 N–H and O–H groups in total. The van der Waals surface area contributed by atoms with E-state index >= 15 is 0 Å². The molecule has 1 aliphatic rings. The summed E-state index contributed by atoms with van der Waals surface area (Å²) in [6.07, 6.45) is 0.